The average molecular weight is 247 g/mol. The van der Waals surface area contributed by atoms with E-state index in [0.717, 1.165) is 7.05 Å². The molecule has 0 radical (unpaired) electrons. The van der Waals surface area contributed by atoms with E-state index >= 15 is 0 Å². The molecular formula is C7H13F3NO3P. The highest BCUT2D eigenvalue weighted by molar-refractivity contribution is 7.45. The predicted octanol–water partition coefficient (Wildman–Crippen LogP) is 2.31. The van der Waals surface area contributed by atoms with Crippen molar-refractivity contribution in [2.24, 2.45) is 0 Å². The van der Waals surface area contributed by atoms with Gasteiger partial charge in [-0.25, -0.2) is 0 Å². The van der Waals surface area contributed by atoms with Crippen LogP contribution in [0.1, 0.15) is 13.8 Å². The number of rotatable bonds is 5. The second kappa shape index (κ2) is 6.25. The second-order valence-corrected chi connectivity index (χ2v) is 3.99. The van der Waals surface area contributed by atoms with E-state index in [0.29, 0.717) is 4.67 Å². The maximum Gasteiger partial charge on any atom is 0.471 e. The smallest absolute Gasteiger partial charge is 0.318 e. The predicted molar refractivity (Wildman–Crippen MR) is 49.0 cm³/mol. The van der Waals surface area contributed by atoms with Crippen LogP contribution in [-0.2, 0) is 13.8 Å². The number of hydrogen-bond acceptors (Lipinski definition) is 3. The summed E-state index contributed by atoms with van der Waals surface area (Å²) in [6.07, 6.45) is -4.90. The van der Waals surface area contributed by atoms with Crippen molar-refractivity contribution in [3.05, 3.63) is 0 Å². The van der Waals surface area contributed by atoms with Gasteiger partial charge in [-0.05, 0) is 13.8 Å². The van der Waals surface area contributed by atoms with Gasteiger partial charge in [-0.2, -0.15) is 13.2 Å². The highest BCUT2D eigenvalue weighted by atomic mass is 31.2. The third-order valence-corrected chi connectivity index (χ3v) is 2.89. The number of hydrogen-bond donors (Lipinski definition) is 0. The molecule has 0 aliphatic heterocycles. The first-order valence-corrected chi connectivity index (χ1v) is 5.38. The fourth-order valence-electron chi connectivity index (χ4n) is 0.689. The minimum atomic E-state index is -4.90. The van der Waals surface area contributed by atoms with E-state index in [1.807, 2.05) is 0 Å². The molecule has 0 bridgehead atoms. The summed E-state index contributed by atoms with van der Waals surface area (Å²) < 4.78 is 46.4. The number of halogens is 3. The first-order chi connectivity index (χ1) is 6.84. The fourth-order valence-corrected chi connectivity index (χ4v) is 1.81. The third kappa shape index (κ3) is 4.77. The molecule has 0 fully saturated rings. The molecule has 0 aromatic rings. The van der Waals surface area contributed by atoms with Gasteiger partial charge >= 0.3 is 12.1 Å². The Balaban J connectivity index is 4.48. The largest absolute Gasteiger partial charge is 0.471 e. The highest BCUT2D eigenvalue weighted by Crippen LogP contribution is 2.43. The van der Waals surface area contributed by atoms with Crippen LogP contribution in [0.4, 0.5) is 13.2 Å². The molecule has 0 saturated carbocycles. The van der Waals surface area contributed by atoms with Gasteiger partial charge in [0, 0.05) is 7.05 Å². The average Bonchev–Trinajstić information content (AvgIpc) is 2.14. The molecule has 8 heteroatoms. The summed E-state index contributed by atoms with van der Waals surface area (Å²) in [4.78, 5) is 10.8. The van der Waals surface area contributed by atoms with Crippen LogP contribution in [-0.4, -0.2) is 37.0 Å². The van der Waals surface area contributed by atoms with Gasteiger partial charge in [-0.1, -0.05) is 0 Å². The molecule has 0 atom stereocenters. The number of nitrogens with zero attached hydrogens (tertiary/aromatic N) is 1. The van der Waals surface area contributed by atoms with E-state index < -0.39 is 20.6 Å². The first kappa shape index (κ1) is 14.6. The van der Waals surface area contributed by atoms with E-state index in [1.165, 1.54) is 0 Å². The molecule has 0 aliphatic rings. The second-order valence-electron chi connectivity index (χ2n) is 2.40. The van der Waals surface area contributed by atoms with E-state index in [9.17, 15) is 18.0 Å². The summed E-state index contributed by atoms with van der Waals surface area (Å²) in [7, 11) is -0.955. The molecule has 0 aromatic heterocycles. The van der Waals surface area contributed by atoms with Crippen molar-refractivity contribution in [1.29, 1.82) is 0 Å². The van der Waals surface area contributed by atoms with Gasteiger partial charge in [0.05, 0.1) is 13.2 Å². The zero-order valence-electron chi connectivity index (χ0n) is 8.67. The minimum Gasteiger partial charge on any atom is -0.318 e. The lowest BCUT2D eigenvalue weighted by atomic mass is 10.6. The molecule has 0 aromatic carbocycles. The molecule has 0 aliphatic carbocycles. The third-order valence-electron chi connectivity index (χ3n) is 1.26. The Bertz CT molecular complexity index is 206. The van der Waals surface area contributed by atoms with Crippen molar-refractivity contribution < 1.29 is 27.0 Å². The summed E-state index contributed by atoms with van der Waals surface area (Å²) in [6, 6.07) is 0. The van der Waals surface area contributed by atoms with Crippen molar-refractivity contribution in [2.45, 2.75) is 20.0 Å². The summed E-state index contributed by atoms with van der Waals surface area (Å²) in [5, 5.41) is 0. The summed E-state index contributed by atoms with van der Waals surface area (Å²) >= 11 is 0. The zero-order valence-corrected chi connectivity index (χ0v) is 9.56. The van der Waals surface area contributed by atoms with Crippen LogP contribution in [0, 0.1) is 0 Å². The molecular weight excluding hydrogens is 234 g/mol. The van der Waals surface area contributed by atoms with Gasteiger partial charge in [0.2, 0.25) is 0 Å². The van der Waals surface area contributed by atoms with Crippen LogP contribution in [0.3, 0.4) is 0 Å². The summed E-state index contributed by atoms with van der Waals surface area (Å²) in [6.45, 7) is 3.59. The van der Waals surface area contributed by atoms with Crippen LogP contribution < -0.4 is 0 Å². The molecule has 15 heavy (non-hydrogen) atoms. The number of carbonyl (C=O) groups is 1. The zero-order chi connectivity index (χ0) is 12.1. The van der Waals surface area contributed by atoms with Crippen molar-refractivity contribution in [2.75, 3.05) is 20.3 Å². The Labute approximate surface area is 87.3 Å². The van der Waals surface area contributed by atoms with Gasteiger partial charge in [-0.15, -0.1) is 0 Å². The fraction of sp³-hybridized carbons (Fsp3) is 0.857. The van der Waals surface area contributed by atoms with Gasteiger partial charge in [-0.3, -0.25) is 9.46 Å². The van der Waals surface area contributed by atoms with Gasteiger partial charge in [0.15, 0.2) is 0 Å². The quantitative estimate of drug-likeness (QED) is 0.700. The van der Waals surface area contributed by atoms with Gasteiger partial charge < -0.3 is 9.05 Å². The standard InChI is InChI=1S/C7H13F3NO3P/c1-4-13-15(14-5-2)11(3)6(12)7(8,9)10/h4-5H2,1-3H3. The van der Waals surface area contributed by atoms with Crippen LogP contribution in [0.2, 0.25) is 0 Å². The van der Waals surface area contributed by atoms with E-state index in [1.54, 1.807) is 13.8 Å². The molecule has 0 rings (SSSR count). The Kier molecular flexibility index (Phi) is 6.09. The van der Waals surface area contributed by atoms with Crippen LogP contribution in [0.5, 0.6) is 0 Å². The lowest BCUT2D eigenvalue weighted by Gasteiger charge is -2.25. The van der Waals surface area contributed by atoms with Crippen LogP contribution >= 0.6 is 8.53 Å². The van der Waals surface area contributed by atoms with E-state index in [4.69, 9.17) is 9.05 Å². The molecule has 90 valence electrons. The molecule has 0 N–H and O–H groups in total. The SMILES string of the molecule is CCOP(OCC)N(C)C(=O)C(F)(F)F. The first-order valence-electron chi connectivity index (χ1n) is 4.25. The molecule has 0 heterocycles. The summed E-state index contributed by atoms with van der Waals surface area (Å²) in [5.74, 6) is -1.96. The Morgan fingerprint density at radius 1 is 1.27 bits per heavy atom. The van der Waals surface area contributed by atoms with Crippen molar-refractivity contribution in [3.63, 3.8) is 0 Å². The van der Waals surface area contributed by atoms with Crippen molar-refractivity contribution >= 4 is 14.4 Å². The molecule has 0 saturated heterocycles. The van der Waals surface area contributed by atoms with Crippen LogP contribution in [0.15, 0.2) is 0 Å². The lowest BCUT2D eigenvalue weighted by molar-refractivity contribution is -0.179. The highest BCUT2D eigenvalue weighted by Gasteiger charge is 2.44. The van der Waals surface area contributed by atoms with Gasteiger partial charge in [0.1, 0.15) is 0 Å². The maximum atomic E-state index is 12.0. The Hall–Kier alpha value is -0.390. The van der Waals surface area contributed by atoms with Crippen LogP contribution in [0.25, 0.3) is 0 Å². The summed E-state index contributed by atoms with van der Waals surface area (Å²) in [5.41, 5.74) is 0. The minimum absolute atomic E-state index is 0.182. The van der Waals surface area contributed by atoms with Crippen molar-refractivity contribution in [3.8, 4) is 0 Å². The molecule has 0 spiro atoms. The monoisotopic (exact) mass is 247 g/mol. The van der Waals surface area contributed by atoms with Gasteiger partial charge in [0.25, 0.3) is 8.53 Å². The number of carbonyl (C=O) groups excluding carboxylic acids is 1. The van der Waals surface area contributed by atoms with E-state index in [2.05, 4.69) is 0 Å². The molecule has 0 unspecified atom stereocenters. The Morgan fingerprint density at radius 3 is 1.93 bits per heavy atom. The number of alkyl halides is 3. The van der Waals surface area contributed by atoms with Crippen molar-refractivity contribution in [1.82, 2.24) is 4.67 Å². The lowest BCUT2D eigenvalue weighted by Crippen LogP contribution is -2.36. The number of amides is 1. The molecule has 1 amide bonds. The van der Waals surface area contributed by atoms with E-state index in [-0.39, 0.29) is 13.2 Å². The normalized spacial score (nSPS) is 11.9. The topological polar surface area (TPSA) is 38.8 Å². The molecule has 4 nitrogen and oxygen atoms in total. The maximum absolute atomic E-state index is 12.0. The Morgan fingerprint density at radius 2 is 1.67 bits per heavy atom.